The van der Waals surface area contributed by atoms with Crippen LogP contribution in [0.4, 0.5) is 5.69 Å². The fourth-order valence-electron chi connectivity index (χ4n) is 3.53. The number of carbonyl (C=O) groups is 2. The lowest BCUT2D eigenvalue weighted by atomic mass is 10.1. The van der Waals surface area contributed by atoms with Gasteiger partial charge in [-0.15, -0.1) is 0 Å². The monoisotopic (exact) mass is 360 g/mol. The third kappa shape index (κ3) is 4.19. The van der Waals surface area contributed by atoms with Crippen LogP contribution in [0.25, 0.3) is 0 Å². The van der Waals surface area contributed by atoms with Crippen LogP contribution in [0.5, 0.6) is 0 Å². The molecule has 2 aliphatic rings. The highest BCUT2D eigenvalue weighted by Gasteiger charge is 2.28. The average Bonchev–Trinajstić information content (AvgIpc) is 2.68. The van der Waals surface area contributed by atoms with Crippen molar-refractivity contribution in [2.75, 3.05) is 45.8 Å². The highest BCUT2D eigenvalue weighted by Crippen LogP contribution is 2.20. The zero-order chi connectivity index (χ0) is 18.5. The highest BCUT2D eigenvalue weighted by molar-refractivity contribution is 5.98. The highest BCUT2D eigenvalue weighted by atomic mass is 16.6. The summed E-state index contributed by atoms with van der Waals surface area (Å²) in [6.45, 7) is 4.21. The van der Waals surface area contributed by atoms with E-state index in [2.05, 4.69) is 4.90 Å². The van der Waals surface area contributed by atoms with Gasteiger partial charge in [0.25, 0.3) is 11.6 Å². The van der Waals surface area contributed by atoms with E-state index in [1.165, 1.54) is 18.6 Å². The van der Waals surface area contributed by atoms with Crippen molar-refractivity contribution >= 4 is 17.5 Å². The number of nitro benzene ring substituents is 1. The van der Waals surface area contributed by atoms with E-state index < -0.39 is 4.92 Å². The molecule has 1 aromatic carbocycles. The van der Waals surface area contributed by atoms with E-state index in [1.54, 1.807) is 17.0 Å². The summed E-state index contributed by atoms with van der Waals surface area (Å²) in [6.07, 6.45) is 3.34. The maximum absolute atomic E-state index is 12.6. The van der Waals surface area contributed by atoms with Crippen molar-refractivity contribution < 1.29 is 14.5 Å². The standard InChI is InChI=1S/C18H24N4O4/c23-17(20-8-4-1-5-9-20)14-19-10-12-21(13-11-19)18(24)15-6-2-3-7-16(15)22(25)26/h2-3,6-7H,1,4-5,8-14H2. The Bertz CT molecular complexity index is 680. The van der Waals surface area contributed by atoms with E-state index in [4.69, 9.17) is 0 Å². The summed E-state index contributed by atoms with van der Waals surface area (Å²) in [5.74, 6) is -0.164. The Morgan fingerprint density at radius 1 is 0.923 bits per heavy atom. The molecule has 140 valence electrons. The lowest BCUT2D eigenvalue weighted by Crippen LogP contribution is -2.52. The Morgan fingerprint density at radius 2 is 1.58 bits per heavy atom. The van der Waals surface area contributed by atoms with Crippen molar-refractivity contribution in [3.8, 4) is 0 Å². The molecular formula is C18H24N4O4. The molecule has 0 unspecified atom stereocenters. The molecule has 0 N–H and O–H groups in total. The number of para-hydroxylation sites is 1. The van der Waals surface area contributed by atoms with Gasteiger partial charge in [0.1, 0.15) is 5.56 Å². The number of hydrogen-bond acceptors (Lipinski definition) is 5. The summed E-state index contributed by atoms with van der Waals surface area (Å²) in [5.41, 5.74) is -0.0458. The number of amides is 2. The number of carbonyl (C=O) groups excluding carboxylic acids is 2. The molecule has 2 aliphatic heterocycles. The number of hydrogen-bond donors (Lipinski definition) is 0. The second kappa shape index (κ2) is 8.27. The van der Waals surface area contributed by atoms with Crippen molar-refractivity contribution in [1.29, 1.82) is 0 Å². The van der Waals surface area contributed by atoms with Gasteiger partial charge in [-0.2, -0.15) is 0 Å². The Kier molecular flexibility index (Phi) is 5.82. The molecule has 0 aromatic heterocycles. The molecule has 2 fully saturated rings. The fraction of sp³-hybridized carbons (Fsp3) is 0.556. The Balaban J connectivity index is 1.54. The third-order valence-corrected chi connectivity index (χ3v) is 5.06. The van der Waals surface area contributed by atoms with Gasteiger partial charge in [0.05, 0.1) is 11.5 Å². The van der Waals surface area contributed by atoms with Gasteiger partial charge < -0.3 is 9.80 Å². The van der Waals surface area contributed by atoms with Crippen LogP contribution in [-0.4, -0.2) is 77.3 Å². The fourth-order valence-corrected chi connectivity index (χ4v) is 3.53. The first-order valence-corrected chi connectivity index (χ1v) is 9.09. The lowest BCUT2D eigenvalue weighted by molar-refractivity contribution is -0.385. The lowest BCUT2D eigenvalue weighted by Gasteiger charge is -2.36. The largest absolute Gasteiger partial charge is 0.342 e. The van der Waals surface area contributed by atoms with E-state index in [1.807, 2.05) is 4.90 Å². The number of nitro groups is 1. The predicted molar refractivity (Wildman–Crippen MR) is 95.9 cm³/mol. The van der Waals surface area contributed by atoms with Crippen molar-refractivity contribution in [3.05, 3.63) is 39.9 Å². The second-order valence-corrected chi connectivity index (χ2v) is 6.78. The van der Waals surface area contributed by atoms with Crippen molar-refractivity contribution in [1.82, 2.24) is 14.7 Å². The quantitative estimate of drug-likeness (QED) is 0.598. The molecule has 8 heteroatoms. The first-order valence-electron chi connectivity index (χ1n) is 9.09. The Labute approximate surface area is 152 Å². The predicted octanol–water partition coefficient (Wildman–Crippen LogP) is 1.37. The van der Waals surface area contributed by atoms with Crippen molar-refractivity contribution in [2.24, 2.45) is 0 Å². The van der Waals surface area contributed by atoms with Gasteiger partial charge in [0.2, 0.25) is 5.91 Å². The van der Waals surface area contributed by atoms with Crippen LogP contribution in [0.1, 0.15) is 29.6 Å². The average molecular weight is 360 g/mol. The minimum atomic E-state index is -0.527. The van der Waals surface area contributed by atoms with Gasteiger partial charge >= 0.3 is 0 Å². The van der Waals surface area contributed by atoms with Crippen LogP contribution in [-0.2, 0) is 4.79 Å². The summed E-state index contributed by atoms with van der Waals surface area (Å²) in [7, 11) is 0. The number of nitrogens with zero attached hydrogens (tertiary/aromatic N) is 4. The van der Waals surface area contributed by atoms with Gasteiger partial charge in [-0.05, 0) is 25.3 Å². The van der Waals surface area contributed by atoms with Gasteiger partial charge in [-0.3, -0.25) is 24.6 Å². The van der Waals surface area contributed by atoms with E-state index in [-0.39, 0.29) is 23.1 Å². The molecular weight excluding hydrogens is 336 g/mol. The van der Waals surface area contributed by atoms with Crippen LogP contribution in [0.15, 0.2) is 24.3 Å². The maximum Gasteiger partial charge on any atom is 0.282 e. The SMILES string of the molecule is O=C(CN1CCN(C(=O)c2ccccc2[N+](=O)[O-])CC1)N1CCCCC1. The number of rotatable bonds is 4. The zero-order valence-electron chi connectivity index (χ0n) is 14.8. The summed E-state index contributed by atoms with van der Waals surface area (Å²) in [6, 6.07) is 6.03. The molecule has 3 rings (SSSR count). The first kappa shape index (κ1) is 18.3. The Hall–Kier alpha value is -2.48. The van der Waals surface area contributed by atoms with Crippen LogP contribution in [0.3, 0.4) is 0 Å². The molecule has 0 aliphatic carbocycles. The van der Waals surface area contributed by atoms with Crippen LogP contribution >= 0.6 is 0 Å². The van der Waals surface area contributed by atoms with Gasteiger partial charge in [-0.25, -0.2) is 0 Å². The van der Waals surface area contributed by atoms with Gasteiger partial charge in [-0.1, -0.05) is 12.1 Å². The molecule has 0 saturated carbocycles. The van der Waals surface area contributed by atoms with E-state index in [0.717, 1.165) is 25.9 Å². The molecule has 26 heavy (non-hydrogen) atoms. The second-order valence-electron chi connectivity index (χ2n) is 6.78. The third-order valence-electron chi connectivity index (χ3n) is 5.06. The zero-order valence-corrected chi connectivity index (χ0v) is 14.8. The molecule has 0 bridgehead atoms. The van der Waals surface area contributed by atoms with Crippen LogP contribution < -0.4 is 0 Å². The summed E-state index contributed by atoms with van der Waals surface area (Å²) < 4.78 is 0. The van der Waals surface area contributed by atoms with E-state index in [0.29, 0.717) is 32.7 Å². The van der Waals surface area contributed by atoms with Gasteiger partial charge in [0, 0.05) is 45.3 Å². The molecule has 0 spiro atoms. The number of piperazine rings is 1. The van der Waals surface area contributed by atoms with Crippen molar-refractivity contribution in [3.63, 3.8) is 0 Å². The number of benzene rings is 1. The molecule has 8 nitrogen and oxygen atoms in total. The minimum absolute atomic E-state index is 0.121. The summed E-state index contributed by atoms with van der Waals surface area (Å²) >= 11 is 0. The van der Waals surface area contributed by atoms with E-state index >= 15 is 0 Å². The summed E-state index contributed by atoms with van der Waals surface area (Å²) in [5, 5.41) is 11.1. The molecule has 1 aromatic rings. The summed E-state index contributed by atoms with van der Waals surface area (Å²) in [4.78, 5) is 41.2. The Morgan fingerprint density at radius 3 is 2.23 bits per heavy atom. The smallest absolute Gasteiger partial charge is 0.282 e. The van der Waals surface area contributed by atoms with Crippen LogP contribution in [0, 0.1) is 10.1 Å². The molecule has 2 amide bonds. The first-order chi connectivity index (χ1) is 12.6. The van der Waals surface area contributed by atoms with Crippen LogP contribution in [0.2, 0.25) is 0 Å². The molecule has 2 heterocycles. The van der Waals surface area contributed by atoms with Crippen molar-refractivity contribution in [2.45, 2.75) is 19.3 Å². The topological polar surface area (TPSA) is 87.0 Å². The maximum atomic E-state index is 12.6. The number of likely N-dealkylation sites (tertiary alicyclic amines) is 1. The molecule has 0 atom stereocenters. The molecule has 0 radical (unpaired) electrons. The molecule has 2 saturated heterocycles. The van der Waals surface area contributed by atoms with E-state index in [9.17, 15) is 19.7 Å². The van der Waals surface area contributed by atoms with Gasteiger partial charge in [0.15, 0.2) is 0 Å². The minimum Gasteiger partial charge on any atom is -0.342 e. The normalized spacial score (nSPS) is 18.6. The number of piperidine rings is 1.